The van der Waals surface area contributed by atoms with Crippen LogP contribution in [0.15, 0.2) is 54.2 Å². The van der Waals surface area contributed by atoms with E-state index < -0.39 is 0 Å². The highest BCUT2D eigenvalue weighted by Crippen LogP contribution is 2.41. The molecule has 2 nitrogen and oxygen atoms in total. The molecular weight excluding hydrogens is 294 g/mol. The third kappa shape index (κ3) is 2.44. The Bertz CT molecular complexity index is 749. The molecule has 0 heterocycles. The second-order valence-corrected chi connectivity index (χ2v) is 5.95. The second kappa shape index (κ2) is 5.98. The lowest BCUT2D eigenvalue weighted by Gasteiger charge is -2.11. The number of Topliss-reactive ketones (excluding diaryl/α,β-unsaturated/α-hetero) is 1. The molecule has 1 unspecified atom stereocenters. The van der Waals surface area contributed by atoms with Gasteiger partial charge in [0.15, 0.2) is 5.78 Å². The van der Waals surface area contributed by atoms with Gasteiger partial charge in [-0.15, -0.1) is 0 Å². The van der Waals surface area contributed by atoms with Crippen LogP contribution in [-0.2, 0) is 4.79 Å². The Hall–Kier alpha value is -2.06. The van der Waals surface area contributed by atoms with Crippen molar-refractivity contribution in [1.82, 2.24) is 5.32 Å². The van der Waals surface area contributed by atoms with E-state index in [0.29, 0.717) is 11.4 Å². The van der Waals surface area contributed by atoms with Crippen LogP contribution >= 0.6 is 11.6 Å². The predicted molar refractivity (Wildman–Crippen MR) is 91.0 cm³/mol. The zero-order chi connectivity index (χ0) is 15.7. The molecule has 0 bridgehead atoms. The van der Waals surface area contributed by atoms with Gasteiger partial charge in [-0.3, -0.25) is 4.79 Å². The van der Waals surface area contributed by atoms with Gasteiger partial charge in [-0.2, -0.15) is 0 Å². The van der Waals surface area contributed by atoms with Gasteiger partial charge in [-0.1, -0.05) is 60.1 Å². The van der Waals surface area contributed by atoms with Crippen LogP contribution in [0.3, 0.4) is 0 Å². The number of nitrogens with one attached hydrogen (secondary N) is 1. The molecule has 0 radical (unpaired) electrons. The number of hydrogen-bond acceptors (Lipinski definition) is 2. The fraction of sp³-hybridized carbons (Fsp3) is 0.211. The van der Waals surface area contributed by atoms with E-state index in [1.54, 1.807) is 0 Å². The summed E-state index contributed by atoms with van der Waals surface area (Å²) < 4.78 is 0. The Kier molecular flexibility index (Phi) is 4.04. The molecule has 0 saturated carbocycles. The van der Waals surface area contributed by atoms with Gasteiger partial charge in [0.25, 0.3) is 0 Å². The van der Waals surface area contributed by atoms with Gasteiger partial charge in [-0.05, 0) is 18.1 Å². The Morgan fingerprint density at radius 3 is 2.50 bits per heavy atom. The first kappa shape index (κ1) is 14.9. The third-order valence-electron chi connectivity index (χ3n) is 4.24. The summed E-state index contributed by atoms with van der Waals surface area (Å²) in [7, 11) is 1.86. The van der Waals surface area contributed by atoms with E-state index in [9.17, 15) is 4.79 Å². The minimum absolute atomic E-state index is 0.129. The van der Waals surface area contributed by atoms with Crippen LogP contribution in [-0.4, -0.2) is 12.8 Å². The molecule has 2 aromatic rings. The van der Waals surface area contributed by atoms with Crippen LogP contribution in [0, 0.1) is 6.92 Å². The first-order valence-corrected chi connectivity index (χ1v) is 7.76. The highest BCUT2D eigenvalue weighted by Gasteiger charge is 2.35. The third-order valence-corrected chi connectivity index (χ3v) is 4.74. The number of hydrogen-bond donors (Lipinski definition) is 1. The van der Waals surface area contributed by atoms with Gasteiger partial charge < -0.3 is 5.32 Å². The molecule has 0 spiro atoms. The number of benzene rings is 2. The monoisotopic (exact) mass is 311 g/mol. The van der Waals surface area contributed by atoms with E-state index in [2.05, 4.69) is 5.32 Å². The van der Waals surface area contributed by atoms with Crippen molar-refractivity contribution >= 4 is 23.0 Å². The fourth-order valence-corrected chi connectivity index (χ4v) is 3.26. The largest absolute Gasteiger partial charge is 0.391 e. The molecule has 2 aromatic carbocycles. The summed E-state index contributed by atoms with van der Waals surface area (Å²) >= 11 is 6.44. The average Bonchev–Trinajstić information content (AvgIpc) is 2.87. The van der Waals surface area contributed by atoms with Gasteiger partial charge in [0, 0.05) is 30.3 Å². The number of carbonyl (C=O) groups excluding carboxylic acids is 1. The zero-order valence-electron chi connectivity index (χ0n) is 12.7. The summed E-state index contributed by atoms with van der Waals surface area (Å²) in [6, 6.07) is 15.8. The summed E-state index contributed by atoms with van der Waals surface area (Å²) in [4.78, 5) is 13.0. The van der Waals surface area contributed by atoms with Crippen molar-refractivity contribution in [2.45, 2.75) is 19.3 Å². The summed E-state index contributed by atoms with van der Waals surface area (Å²) in [5.74, 6) is 0.0123. The Balaban J connectivity index is 2.06. The molecule has 1 aliphatic rings. The number of allylic oxidation sites excluding steroid dienone is 2. The van der Waals surface area contributed by atoms with Gasteiger partial charge in [0.2, 0.25) is 0 Å². The average molecular weight is 312 g/mol. The van der Waals surface area contributed by atoms with Crippen LogP contribution < -0.4 is 5.32 Å². The Labute approximate surface area is 135 Å². The number of halogens is 1. The normalized spacial score (nSPS) is 18.0. The zero-order valence-corrected chi connectivity index (χ0v) is 13.4. The minimum atomic E-state index is -0.129. The van der Waals surface area contributed by atoms with Gasteiger partial charge in [0.05, 0.1) is 10.9 Å². The molecule has 112 valence electrons. The van der Waals surface area contributed by atoms with Crippen LogP contribution in [0.4, 0.5) is 0 Å². The lowest BCUT2D eigenvalue weighted by Crippen LogP contribution is -2.08. The fourth-order valence-electron chi connectivity index (χ4n) is 3.04. The predicted octanol–water partition coefficient (Wildman–Crippen LogP) is 4.34. The van der Waals surface area contributed by atoms with Crippen molar-refractivity contribution in [3.8, 4) is 0 Å². The number of rotatable bonds is 3. The molecule has 3 rings (SSSR count). The SMILES string of the molecule is CNC1=C(c2cccc(C)c2Cl)C(=O)C(c2ccccc2)C1. The maximum atomic E-state index is 13.0. The van der Waals surface area contributed by atoms with Crippen LogP contribution in [0.25, 0.3) is 5.57 Å². The lowest BCUT2D eigenvalue weighted by atomic mass is 9.92. The number of ketones is 1. The van der Waals surface area contributed by atoms with Gasteiger partial charge in [0.1, 0.15) is 0 Å². The quantitative estimate of drug-likeness (QED) is 0.914. The van der Waals surface area contributed by atoms with Crippen LogP contribution in [0.5, 0.6) is 0 Å². The van der Waals surface area contributed by atoms with Crippen LogP contribution in [0.2, 0.25) is 5.02 Å². The van der Waals surface area contributed by atoms with E-state index in [-0.39, 0.29) is 11.7 Å². The highest BCUT2D eigenvalue weighted by atomic mass is 35.5. The summed E-state index contributed by atoms with van der Waals surface area (Å²) in [5.41, 5.74) is 4.56. The topological polar surface area (TPSA) is 29.1 Å². The van der Waals surface area contributed by atoms with E-state index in [0.717, 1.165) is 28.0 Å². The van der Waals surface area contributed by atoms with E-state index >= 15 is 0 Å². The maximum absolute atomic E-state index is 13.0. The van der Waals surface area contributed by atoms with Gasteiger partial charge in [-0.25, -0.2) is 0 Å². The van der Waals surface area contributed by atoms with Crippen molar-refractivity contribution in [2.24, 2.45) is 0 Å². The summed E-state index contributed by atoms with van der Waals surface area (Å²) in [5, 5.41) is 3.85. The van der Waals surface area contributed by atoms with Crippen molar-refractivity contribution in [3.63, 3.8) is 0 Å². The van der Waals surface area contributed by atoms with E-state index in [4.69, 9.17) is 11.6 Å². The van der Waals surface area contributed by atoms with Crippen LogP contribution in [0.1, 0.15) is 29.0 Å². The smallest absolute Gasteiger partial charge is 0.173 e. The van der Waals surface area contributed by atoms with Crippen molar-refractivity contribution in [2.75, 3.05) is 7.05 Å². The Morgan fingerprint density at radius 2 is 1.82 bits per heavy atom. The number of carbonyl (C=O) groups is 1. The summed E-state index contributed by atoms with van der Waals surface area (Å²) in [6.07, 6.45) is 0.693. The first-order chi connectivity index (χ1) is 10.6. The molecule has 1 atom stereocenters. The second-order valence-electron chi connectivity index (χ2n) is 5.57. The standard InChI is InChI=1S/C19H18ClNO/c1-12-7-6-10-14(18(12)20)17-16(21-2)11-15(19(17)22)13-8-4-3-5-9-13/h3-10,15,21H,11H2,1-2H3. The summed E-state index contributed by atoms with van der Waals surface area (Å²) in [6.45, 7) is 1.96. The molecule has 0 fully saturated rings. The molecule has 22 heavy (non-hydrogen) atoms. The molecule has 0 aliphatic heterocycles. The van der Waals surface area contributed by atoms with Crippen molar-refractivity contribution in [1.29, 1.82) is 0 Å². The van der Waals surface area contributed by atoms with E-state index in [1.165, 1.54) is 0 Å². The first-order valence-electron chi connectivity index (χ1n) is 7.39. The number of aryl methyl sites for hydroxylation is 1. The Morgan fingerprint density at radius 1 is 1.09 bits per heavy atom. The maximum Gasteiger partial charge on any atom is 0.173 e. The lowest BCUT2D eigenvalue weighted by molar-refractivity contribution is -0.114. The molecule has 0 amide bonds. The molecule has 1 aliphatic carbocycles. The van der Waals surface area contributed by atoms with Crippen molar-refractivity contribution in [3.05, 3.63) is 75.9 Å². The minimum Gasteiger partial charge on any atom is -0.391 e. The molecule has 0 aromatic heterocycles. The molecule has 1 N–H and O–H groups in total. The van der Waals surface area contributed by atoms with Gasteiger partial charge >= 0.3 is 0 Å². The highest BCUT2D eigenvalue weighted by molar-refractivity contribution is 6.37. The molecule has 0 saturated heterocycles. The molecule has 3 heteroatoms. The molecular formula is C19H18ClNO. The van der Waals surface area contributed by atoms with E-state index in [1.807, 2.05) is 62.5 Å². The van der Waals surface area contributed by atoms with Crippen molar-refractivity contribution < 1.29 is 4.79 Å².